The Morgan fingerprint density at radius 3 is 1.87 bits per heavy atom. The van der Waals surface area contributed by atoms with Crippen LogP contribution in [-0.2, 0) is 18.3 Å². The monoisotopic (exact) mass is 574 g/mol. The van der Waals surface area contributed by atoms with E-state index in [1.54, 1.807) is 13.6 Å². The molecule has 0 aliphatic heterocycles. The van der Waals surface area contributed by atoms with E-state index >= 15 is 0 Å². The van der Waals surface area contributed by atoms with Crippen molar-refractivity contribution in [2.24, 2.45) is 0 Å². The van der Waals surface area contributed by atoms with Crippen LogP contribution in [0.5, 0.6) is 5.75 Å². The van der Waals surface area contributed by atoms with E-state index in [-0.39, 0.29) is 0 Å². The van der Waals surface area contributed by atoms with E-state index in [0.29, 0.717) is 3.63 Å². The average Bonchev–Trinajstić information content (AvgIpc) is 3.47. The van der Waals surface area contributed by atoms with Crippen LogP contribution >= 0.6 is 0 Å². The molecule has 190 valence electrons. The van der Waals surface area contributed by atoms with E-state index in [1.807, 2.05) is 0 Å². The first kappa shape index (κ1) is 25.2. The number of hydrogen-bond donors (Lipinski definition) is 0. The zero-order valence-electron chi connectivity index (χ0n) is 23.1. The first-order valence-electron chi connectivity index (χ1n) is 13.6. The van der Waals surface area contributed by atoms with Gasteiger partial charge in [0.1, 0.15) is 0 Å². The van der Waals surface area contributed by atoms with Gasteiger partial charge in [-0.15, -0.1) is 0 Å². The molecule has 0 fully saturated rings. The third-order valence-corrected chi connectivity index (χ3v) is 26.0. The number of fused-ring (bicyclic) bond motifs is 3. The second-order valence-corrected chi connectivity index (χ2v) is 28.4. The molecular formula is C36H36OZr. The number of methoxy groups -OCH3 is 1. The third-order valence-electron chi connectivity index (χ3n) is 9.40. The molecule has 38 heavy (non-hydrogen) atoms. The maximum atomic E-state index is 5.82. The van der Waals surface area contributed by atoms with E-state index in [4.69, 9.17) is 4.74 Å². The first-order valence-corrected chi connectivity index (χ1v) is 22.4. The van der Waals surface area contributed by atoms with Crippen molar-refractivity contribution in [3.8, 4) is 16.9 Å². The van der Waals surface area contributed by atoms with Gasteiger partial charge in [0, 0.05) is 0 Å². The number of rotatable bonds is 5. The average molecular weight is 576 g/mol. The summed E-state index contributed by atoms with van der Waals surface area (Å²) in [7, 11) is 1.78. The van der Waals surface area contributed by atoms with Gasteiger partial charge < -0.3 is 0 Å². The van der Waals surface area contributed by atoms with Crippen molar-refractivity contribution in [1.82, 2.24) is 0 Å². The van der Waals surface area contributed by atoms with Crippen LogP contribution in [0.3, 0.4) is 0 Å². The van der Waals surface area contributed by atoms with Crippen LogP contribution in [0.25, 0.3) is 11.1 Å². The van der Waals surface area contributed by atoms with Gasteiger partial charge in [0.2, 0.25) is 0 Å². The van der Waals surface area contributed by atoms with Gasteiger partial charge in [0.15, 0.2) is 0 Å². The summed E-state index contributed by atoms with van der Waals surface area (Å²) in [6.45, 7) is 4.61. The molecule has 2 heteroatoms. The van der Waals surface area contributed by atoms with Crippen molar-refractivity contribution in [2.75, 3.05) is 7.11 Å². The fraction of sp³-hybridized carbons (Fsp3) is 0.194. The van der Waals surface area contributed by atoms with Gasteiger partial charge in [-0.25, -0.2) is 0 Å². The normalized spacial score (nSPS) is 16.7. The predicted molar refractivity (Wildman–Crippen MR) is 159 cm³/mol. The van der Waals surface area contributed by atoms with Gasteiger partial charge in [-0.05, 0) is 0 Å². The second kappa shape index (κ2) is 9.28. The maximum absolute atomic E-state index is 5.82. The Hall–Kier alpha value is -3.09. The van der Waals surface area contributed by atoms with Crippen molar-refractivity contribution >= 4 is 3.21 Å². The summed E-state index contributed by atoms with van der Waals surface area (Å²) < 4.78 is 14.8. The molecule has 2 aliphatic carbocycles. The second-order valence-electron chi connectivity index (χ2n) is 11.9. The molecule has 4 aromatic carbocycles. The van der Waals surface area contributed by atoms with E-state index in [1.165, 1.54) is 44.5 Å². The van der Waals surface area contributed by atoms with Crippen molar-refractivity contribution in [3.05, 3.63) is 146 Å². The Balaban J connectivity index is 1.84. The summed E-state index contributed by atoms with van der Waals surface area (Å²) in [6, 6.07) is 38.3. The summed E-state index contributed by atoms with van der Waals surface area (Å²) in [5.74, 6) is 0.936. The molecule has 0 radical (unpaired) electrons. The minimum atomic E-state index is -4.26. The predicted octanol–water partition coefficient (Wildman–Crippen LogP) is 9.44. The standard InChI is InChI=1S/C14H11O.C13H10.C7H9.2CH3.Zr/c1-15-12-6-7-14-11(9-12)8-10-4-2-3-5-13(10)14;1-3-7-12(8-4-1)11-13-9-5-2-6-10-13;1-6-4-3-5-7(6)2;;;/h2-9H,1H3;1-10H;4H,5H2,1-2H3;2*1H3;. The molecule has 0 aromatic heterocycles. The molecule has 0 N–H and O–H groups in total. The Morgan fingerprint density at radius 1 is 0.711 bits per heavy atom. The molecule has 0 spiro atoms. The van der Waals surface area contributed by atoms with Gasteiger partial charge in [0.25, 0.3) is 0 Å². The van der Waals surface area contributed by atoms with E-state index in [0.717, 1.165) is 12.2 Å². The van der Waals surface area contributed by atoms with E-state index in [2.05, 4.69) is 132 Å². The van der Waals surface area contributed by atoms with Crippen molar-refractivity contribution < 1.29 is 23.0 Å². The van der Waals surface area contributed by atoms with Gasteiger partial charge in [-0.2, -0.15) is 0 Å². The minimum absolute atomic E-state index is 0.304. The Morgan fingerprint density at radius 2 is 1.29 bits per heavy atom. The number of allylic oxidation sites excluding steroid dienone is 4. The van der Waals surface area contributed by atoms with Crippen molar-refractivity contribution in [3.63, 3.8) is 0 Å². The fourth-order valence-electron chi connectivity index (χ4n) is 7.36. The molecule has 0 saturated heterocycles. The summed E-state index contributed by atoms with van der Waals surface area (Å²) in [5, 5.41) is 0. The van der Waals surface area contributed by atoms with Crippen LogP contribution in [0.2, 0.25) is 9.26 Å². The molecule has 0 heterocycles. The summed E-state index contributed by atoms with van der Waals surface area (Å²) in [5.41, 5.74) is 11.3. The van der Waals surface area contributed by atoms with Gasteiger partial charge >= 0.3 is 229 Å². The molecule has 0 saturated carbocycles. The molecule has 0 amide bonds. The summed E-state index contributed by atoms with van der Waals surface area (Å²) in [6.07, 6.45) is 3.62. The van der Waals surface area contributed by atoms with Crippen LogP contribution in [0.1, 0.15) is 46.1 Å². The number of benzene rings is 4. The molecular weight excluding hydrogens is 540 g/mol. The molecule has 1 atom stereocenters. The Bertz CT molecular complexity index is 1640. The Labute approximate surface area is 228 Å². The molecule has 6 rings (SSSR count). The fourth-order valence-corrected chi connectivity index (χ4v) is 24.4. The van der Waals surface area contributed by atoms with E-state index < -0.39 is 18.3 Å². The summed E-state index contributed by atoms with van der Waals surface area (Å²) in [4.78, 5) is 0. The molecule has 1 unspecified atom stereocenters. The van der Waals surface area contributed by atoms with Gasteiger partial charge in [-0.1, -0.05) is 0 Å². The summed E-state index contributed by atoms with van der Waals surface area (Å²) >= 11 is -4.26. The van der Waals surface area contributed by atoms with Crippen molar-refractivity contribution in [1.29, 1.82) is 0 Å². The molecule has 0 bridgehead atoms. The first-order chi connectivity index (χ1) is 18.3. The van der Waals surface area contributed by atoms with Crippen LogP contribution in [0, 0.1) is 0 Å². The molecule has 2 aliphatic rings. The van der Waals surface area contributed by atoms with E-state index in [9.17, 15) is 0 Å². The Kier molecular flexibility index (Phi) is 6.16. The van der Waals surface area contributed by atoms with Crippen LogP contribution in [0.4, 0.5) is 0 Å². The SMILES string of the molecule is COc1ccc2c(c1)[CH]([Zr]([CH3])([CH3])([C]1=CC(C)=C(C)C1)=[C](c1ccccc1)c1ccccc1)c1ccccc1-2. The zero-order valence-corrected chi connectivity index (χ0v) is 25.5. The van der Waals surface area contributed by atoms with Crippen LogP contribution in [-0.4, -0.2) is 10.3 Å². The van der Waals surface area contributed by atoms with Gasteiger partial charge in [-0.3, -0.25) is 0 Å². The third kappa shape index (κ3) is 3.72. The molecule has 1 nitrogen and oxygen atoms in total. The quantitative estimate of drug-likeness (QED) is 0.230. The van der Waals surface area contributed by atoms with Crippen LogP contribution < -0.4 is 4.74 Å². The number of hydrogen-bond acceptors (Lipinski definition) is 1. The molecule has 4 aromatic rings. The van der Waals surface area contributed by atoms with Crippen molar-refractivity contribution in [2.45, 2.75) is 33.2 Å². The number of ether oxygens (including phenoxy) is 1. The van der Waals surface area contributed by atoms with Gasteiger partial charge in [0.05, 0.1) is 0 Å². The topological polar surface area (TPSA) is 9.23 Å². The zero-order chi connectivity index (χ0) is 26.5. The van der Waals surface area contributed by atoms with Crippen LogP contribution in [0.15, 0.2) is 124 Å².